The maximum atomic E-state index is 14.4. The van der Waals surface area contributed by atoms with E-state index < -0.39 is 5.82 Å². The fraction of sp³-hybridized carbons (Fsp3) is 0.308. The van der Waals surface area contributed by atoms with Crippen molar-refractivity contribution in [1.82, 2.24) is 15.3 Å². The average molecular weight is 527 g/mol. The van der Waals surface area contributed by atoms with E-state index in [0.29, 0.717) is 44.2 Å². The highest BCUT2D eigenvalue weighted by Gasteiger charge is 2.40. The van der Waals surface area contributed by atoms with Crippen LogP contribution in [0.4, 0.5) is 10.2 Å². The average Bonchev–Trinajstić information content (AvgIpc) is 2.82. The van der Waals surface area contributed by atoms with Crippen LogP contribution in [0.3, 0.4) is 0 Å². The maximum Gasteiger partial charge on any atom is 0.165 e. The molecule has 10 heteroatoms. The van der Waals surface area contributed by atoms with Crippen LogP contribution >= 0.6 is 23.2 Å². The molecule has 0 saturated carbocycles. The number of halogens is 3. The SMILES string of the molecule is CC(C)NC1(C)CN(c2ncc(C(=N)c3ccc(F)c(OCc4c(Cl)cncc4Cl)c3)cc2C#N)C1. The third-order valence-corrected chi connectivity index (χ3v) is 6.49. The molecule has 3 aromatic rings. The van der Waals surface area contributed by atoms with E-state index >= 15 is 0 Å². The molecule has 36 heavy (non-hydrogen) atoms. The molecule has 4 rings (SSSR count). The molecule has 7 nitrogen and oxygen atoms in total. The Morgan fingerprint density at radius 1 is 1.22 bits per heavy atom. The summed E-state index contributed by atoms with van der Waals surface area (Å²) in [5.41, 5.74) is 1.77. The summed E-state index contributed by atoms with van der Waals surface area (Å²) >= 11 is 12.2. The second kappa shape index (κ2) is 10.4. The molecule has 0 amide bonds. The number of nitrogens with one attached hydrogen (secondary N) is 2. The number of rotatable bonds is 8. The zero-order chi connectivity index (χ0) is 26.0. The van der Waals surface area contributed by atoms with Gasteiger partial charge in [0.05, 0.1) is 26.9 Å². The summed E-state index contributed by atoms with van der Waals surface area (Å²) in [5, 5.41) is 22.5. The molecule has 2 aromatic heterocycles. The van der Waals surface area contributed by atoms with Gasteiger partial charge >= 0.3 is 0 Å². The Balaban J connectivity index is 1.52. The van der Waals surface area contributed by atoms with E-state index in [0.717, 1.165) is 13.1 Å². The molecular weight excluding hydrogens is 502 g/mol. The standard InChI is InChI=1S/C26H25Cl2FN6O/c1-15(2)34-26(3)13-35(14-26)25-17(8-30)6-18(9-33-25)24(31)16-4-5-22(29)23(7-16)36-12-19-20(27)10-32-11-21(19)28/h4-7,9-11,15,31,34H,12-14H2,1-3H3. The molecule has 3 heterocycles. The first-order valence-electron chi connectivity index (χ1n) is 11.3. The van der Waals surface area contributed by atoms with Crippen LogP contribution in [0.5, 0.6) is 5.75 Å². The lowest BCUT2D eigenvalue weighted by Crippen LogP contribution is -2.69. The summed E-state index contributed by atoms with van der Waals surface area (Å²) in [6.45, 7) is 7.74. The highest BCUT2D eigenvalue weighted by Crippen LogP contribution is 2.30. The number of anilines is 1. The van der Waals surface area contributed by atoms with Gasteiger partial charge in [-0.2, -0.15) is 5.26 Å². The number of benzene rings is 1. The zero-order valence-electron chi connectivity index (χ0n) is 20.1. The van der Waals surface area contributed by atoms with Crippen LogP contribution < -0.4 is 15.0 Å². The Morgan fingerprint density at radius 3 is 2.56 bits per heavy atom. The lowest BCUT2D eigenvalue weighted by molar-refractivity contribution is 0.260. The molecule has 186 valence electrons. The van der Waals surface area contributed by atoms with Crippen molar-refractivity contribution in [3.05, 3.63) is 81.0 Å². The predicted molar refractivity (Wildman–Crippen MR) is 139 cm³/mol. The first-order valence-corrected chi connectivity index (χ1v) is 12.1. The van der Waals surface area contributed by atoms with Gasteiger partial charge in [0.2, 0.25) is 0 Å². The number of ether oxygens (including phenoxy) is 1. The quantitative estimate of drug-likeness (QED) is 0.383. The van der Waals surface area contributed by atoms with Crippen LogP contribution in [-0.4, -0.2) is 40.3 Å². The van der Waals surface area contributed by atoms with Crippen LogP contribution in [0.2, 0.25) is 10.0 Å². The summed E-state index contributed by atoms with van der Waals surface area (Å²) < 4.78 is 20.1. The van der Waals surface area contributed by atoms with Gasteiger partial charge in [-0.1, -0.05) is 37.0 Å². The molecule has 0 atom stereocenters. The molecule has 0 bridgehead atoms. The van der Waals surface area contributed by atoms with E-state index in [2.05, 4.69) is 42.1 Å². The van der Waals surface area contributed by atoms with Gasteiger partial charge in [-0.3, -0.25) is 10.4 Å². The number of nitrogens with zero attached hydrogens (tertiary/aromatic N) is 4. The molecule has 0 radical (unpaired) electrons. The van der Waals surface area contributed by atoms with Crippen molar-refractivity contribution in [3.8, 4) is 11.8 Å². The summed E-state index contributed by atoms with van der Waals surface area (Å²) in [4.78, 5) is 10.4. The lowest BCUT2D eigenvalue weighted by atomic mass is 9.90. The molecule has 0 spiro atoms. The Morgan fingerprint density at radius 2 is 1.92 bits per heavy atom. The van der Waals surface area contributed by atoms with Crippen molar-refractivity contribution in [2.75, 3.05) is 18.0 Å². The number of aromatic nitrogens is 2. The Labute approximate surface area is 219 Å². The molecule has 1 saturated heterocycles. The third-order valence-electron chi connectivity index (χ3n) is 5.84. The molecule has 1 fully saturated rings. The summed E-state index contributed by atoms with van der Waals surface area (Å²) in [6, 6.07) is 8.32. The normalized spacial score (nSPS) is 14.3. The minimum Gasteiger partial charge on any atom is -0.486 e. The van der Waals surface area contributed by atoms with Crippen molar-refractivity contribution in [2.45, 2.75) is 39.0 Å². The van der Waals surface area contributed by atoms with Crippen LogP contribution in [0.1, 0.15) is 43.0 Å². The van der Waals surface area contributed by atoms with Gasteiger partial charge in [0.25, 0.3) is 0 Å². The van der Waals surface area contributed by atoms with Gasteiger partial charge in [0.15, 0.2) is 11.6 Å². The van der Waals surface area contributed by atoms with E-state index in [1.165, 1.54) is 30.6 Å². The van der Waals surface area contributed by atoms with E-state index in [1.54, 1.807) is 12.3 Å². The van der Waals surface area contributed by atoms with E-state index in [9.17, 15) is 9.65 Å². The molecule has 0 unspecified atom stereocenters. The van der Waals surface area contributed by atoms with Crippen LogP contribution in [0.25, 0.3) is 0 Å². The molecule has 2 N–H and O–H groups in total. The first-order chi connectivity index (χ1) is 17.1. The molecule has 1 aromatic carbocycles. The number of hydrogen-bond acceptors (Lipinski definition) is 7. The largest absolute Gasteiger partial charge is 0.486 e. The first kappa shape index (κ1) is 25.8. The third kappa shape index (κ3) is 5.44. The van der Waals surface area contributed by atoms with Crippen LogP contribution in [0.15, 0.2) is 42.9 Å². The minimum absolute atomic E-state index is 0.0385. The van der Waals surface area contributed by atoms with Crippen molar-refractivity contribution < 1.29 is 9.13 Å². The molecule has 1 aliphatic heterocycles. The van der Waals surface area contributed by atoms with E-state index in [1.807, 2.05) is 4.90 Å². The number of nitriles is 1. The van der Waals surface area contributed by atoms with Gasteiger partial charge < -0.3 is 15.0 Å². The highest BCUT2D eigenvalue weighted by molar-refractivity contribution is 6.35. The van der Waals surface area contributed by atoms with Crippen LogP contribution in [-0.2, 0) is 6.61 Å². The fourth-order valence-electron chi connectivity index (χ4n) is 4.32. The van der Waals surface area contributed by atoms with E-state index in [-0.39, 0.29) is 23.6 Å². The number of hydrogen-bond donors (Lipinski definition) is 2. The predicted octanol–water partition coefficient (Wildman–Crippen LogP) is 5.37. The highest BCUT2D eigenvalue weighted by atomic mass is 35.5. The zero-order valence-corrected chi connectivity index (χ0v) is 21.6. The smallest absolute Gasteiger partial charge is 0.165 e. The van der Waals surface area contributed by atoms with Gasteiger partial charge in [0.1, 0.15) is 18.5 Å². The fourth-order valence-corrected chi connectivity index (χ4v) is 4.80. The Kier molecular flexibility index (Phi) is 7.46. The van der Waals surface area contributed by atoms with Crippen molar-refractivity contribution in [3.63, 3.8) is 0 Å². The molecule has 1 aliphatic rings. The molecule has 0 aliphatic carbocycles. The summed E-state index contributed by atoms with van der Waals surface area (Å²) in [7, 11) is 0. The lowest BCUT2D eigenvalue weighted by Gasteiger charge is -2.50. The van der Waals surface area contributed by atoms with Crippen molar-refractivity contribution in [1.29, 1.82) is 10.7 Å². The minimum atomic E-state index is -0.588. The second-order valence-electron chi connectivity index (χ2n) is 9.31. The van der Waals surface area contributed by atoms with Gasteiger partial charge in [-0.25, -0.2) is 9.37 Å². The van der Waals surface area contributed by atoms with Crippen molar-refractivity contribution >= 4 is 34.7 Å². The summed E-state index contributed by atoms with van der Waals surface area (Å²) in [5.74, 6) is -0.0509. The van der Waals surface area contributed by atoms with Crippen LogP contribution in [0, 0.1) is 22.6 Å². The second-order valence-corrected chi connectivity index (χ2v) is 10.1. The summed E-state index contributed by atoms with van der Waals surface area (Å²) in [6.07, 6.45) is 4.42. The Bertz CT molecular complexity index is 1330. The monoisotopic (exact) mass is 526 g/mol. The number of pyridine rings is 2. The maximum absolute atomic E-state index is 14.4. The van der Waals surface area contributed by atoms with Gasteiger partial charge in [0, 0.05) is 54.4 Å². The van der Waals surface area contributed by atoms with Gasteiger partial charge in [-0.15, -0.1) is 0 Å². The topological polar surface area (TPSA) is 97.9 Å². The Hall–Kier alpha value is -3.25. The molecular formula is C26H25Cl2FN6O. The van der Waals surface area contributed by atoms with E-state index in [4.69, 9.17) is 33.3 Å². The van der Waals surface area contributed by atoms with Gasteiger partial charge in [-0.05, 0) is 31.2 Å². The van der Waals surface area contributed by atoms with Crippen molar-refractivity contribution in [2.24, 2.45) is 0 Å².